The van der Waals surface area contributed by atoms with Gasteiger partial charge in [-0.05, 0) is 31.4 Å². The number of anilines is 1. The number of ether oxygens (including phenoxy) is 1. The van der Waals surface area contributed by atoms with E-state index in [-0.39, 0.29) is 11.9 Å². The number of benzene rings is 1. The van der Waals surface area contributed by atoms with Crippen LogP contribution in [-0.2, 0) is 9.53 Å². The zero-order valence-electron chi connectivity index (χ0n) is 16.8. The molecule has 28 heavy (non-hydrogen) atoms. The summed E-state index contributed by atoms with van der Waals surface area (Å²) in [6.07, 6.45) is 4.35. The van der Waals surface area contributed by atoms with Gasteiger partial charge >= 0.3 is 6.03 Å². The molecule has 1 aromatic carbocycles. The Morgan fingerprint density at radius 2 is 1.82 bits per heavy atom. The monoisotopic (exact) mass is 388 g/mol. The third-order valence-electron chi connectivity index (χ3n) is 5.71. The van der Waals surface area contributed by atoms with E-state index in [2.05, 4.69) is 20.9 Å². The maximum atomic E-state index is 13.0. The van der Waals surface area contributed by atoms with Crippen molar-refractivity contribution in [1.29, 1.82) is 0 Å². The average Bonchev–Trinajstić information content (AvgIpc) is 2.71. The van der Waals surface area contributed by atoms with Gasteiger partial charge in [0.05, 0.1) is 13.2 Å². The van der Waals surface area contributed by atoms with Crippen LogP contribution < -0.4 is 16.0 Å². The third kappa shape index (κ3) is 5.45. The molecule has 1 saturated heterocycles. The summed E-state index contributed by atoms with van der Waals surface area (Å²) in [6, 6.07) is 7.31. The van der Waals surface area contributed by atoms with E-state index in [1.165, 1.54) is 0 Å². The number of urea groups is 1. The molecule has 3 rings (SSSR count). The summed E-state index contributed by atoms with van der Waals surface area (Å²) in [5.41, 5.74) is 0.930. The van der Waals surface area contributed by atoms with Crippen molar-refractivity contribution in [2.45, 2.75) is 44.6 Å². The van der Waals surface area contributed by atoms with E-state index < -0.39 is 5.54 Å². The molecule has 1 aliphatic heterocycles. The Morgan fingerprint density at radius 1 is 1.11 bits per heavy atom. The van der Waals surface area contributed by atoms with Gasteiger partial charge in [0.15, 0.2) is 0 Å². The van der Waals surface area contributed by atoms with Crippen molar-refractivity contribution in [2.24, 2.45) is 0 Å². The highest BCUT2D eigenvalue weighted by molar-refractivity contribution is 5.96. The van der Waals surface area contributed by atoms with Crippen LogP contribution in [0.5, 0.6) is 0 Å². The van der Waals surface area contributed by atoms with Crippen LogP contribution >= 0.6 is 0 Å². The van der Waals surface area contributed by atoms with E-state index in [4.69, 9.17) is 4.74 Å². The summed E-state index contributed by atoms with van der Waals surface area (Å²) in [5, 5.41) is 8.95. The Morgan fingerprint density at radius 3 is 2.54 bits per heavy atom. The minimum absolute atomic E-state index is 0.0691. The summed E-state index contributed by atoms with van der Waals surface area (Å²) < 4.78 is 5.36. The molecule has 3 amide bonds. The van der Waals surface area contributed by atoms with Crippen molar-refractivity contribution >= 4 is 17.6 Å². The van der Waals surface area contributed by atoms with Gasteiger partial charge in [0.1, 0.15) is 5.54 Å². The first kappa shape index (κ1) is 20.6. The van der Waals surface area contributed by atoms with Gasteiger partial charge in [0.25, 0.3) is 0 Å². The predicted octanol–water partition coefficient (Wildman–Crippen LogP) is 2.27. The van der Waals surface area contributed by atoms with Crippen LogP contribution in [-0.4, -0.2) is 61.8 Å². The molecule has 1 aliphatic carbocycles. The maximum Gasteiger partial charge on any atom is 0.320 e. The first-order valence-corrected chi connectivity index (χ1v) is 10.3. The Balaban J connectivity index is 1.56. The number of hydrogen-bond donors (Lipinski definition) is 3. The number of carbonyl (C=O) groups is 2. The topological polar surface area (TPSA) is 82.7 Å². The first-order valence-electron chi connectivity index (χ1n) is 10.3. The Hall–Kier alpha value is -2.12. The van der Waals surface area contributed by atoms with Crippen LogP contribution in [0.4, 0.5) is 10.5 Å². The number of rotatable bonds is 6. The molecule has 0 atom stereocenters. The molecule has 0 spiro atoms. The molecule has 3 N–H and O–H groups in total. The first-order chi connectivity index (χ1) is 13.6. The van der Waals surface area contributed by atoms with Crippen LogP contribution in [0.3, 0.4) is 0 Å². The fourth-order valence-corrected chi connectivity index (χ4v) is 3.97. The number of carbonyl (C=O) groups excluding carboxylic acids is 2. The van der Waals surface area contributed by atoms with E-state index in [0.29, 0.717) is 19.4 Å². The molecule has 0 unspecified atom stereocenters. The molecular weight excluding hydrogens is 356 g/mol. The summed E-state index contributed by atoms with van der Waals surface area (Å²) >= 11 is 0. The number of hydrogen-bond acceptors (Lipinski definition) is 4. The fraction of sp³-hybridized carbons (Fsp3) is 0.619. The smallest absolute Gasteiger partial charge is 0.320 e. The molecule has 0 radical (unpaired) electrons. The lowest BCUT2D eigenvalue weighted by atomic mass is 9.81. The van der Waals surface area contributed by atoms with Gasteiger partial charge in [-0.15, -0.1) is 0 Å². The Labute approximate surface area is 167 Å². The highest BCUT2D eigenvalue weighted by Crippen LogP contribution is 2.29. The Bertz CT molecular complexity index is 667. The summed E-state index contributed by atoms with van der Waals surface area (Å²) in [7, 11) is 0. The summed E-state index contributed by atoms with van der Waals surface area (Å²) in [5.74, 6) is -0.0691. The zero-order valence-corrected chi connectivity index (χ0v) is 16.8. The van der Waals surface area contributed by atoms with Crippen molar-refractivity contribution in [1.82, 2.24) is 15.5 Å². The number of nitrogens with one attached hydrogen (secondary N) is 3. The van der Waals surface area contributed by atoms with E-state index >= 15 is 0 Å². The van der Waals surface area contributed by atoms with E-state index in [1.54, 1.807) is 0 Å². The minimum atomic E-state index is -0.823. The van der Waals surface area contributed by atoms with Gasteiger partial charge in [-0.25, -0.2) is 4.79 Å². The molecule has 1 heterocycles. The largest absolute Gasteiger partial charge is 0.379 e. The van der Waals surface area contributed by atoms with Crippen molar-refractivity contribution in [3.63, 3.8) is 0 Å². The van der Waals surface area contributed by atoms with Gasteiger partial charge in [0, 0.05) is 31.9 Å². The van der Waals surface area contributed by atoms with Crippen LogP contribution in [0.2, 0.25) is 0 Å². The van der Waals surface area contributed by atoms with Gasteiger partial charge in [-0.2, -0.15) is 0 Å². The maximum absolute atomic E-state index is 13.0. The molecular formula is C21H32N4O3. The number of aryl methyl sites for hydroxylation is 1. The fourth-order valence-electron chi connectivity index (χ4n) is 3.97. The van der Waals surface area contributed by atoms with Gasteiger partial charge in [0.2, 0.25) is 5.91 Å². The quantitative estimate of drug-likeness (QED) is 0.698. The highest BCUT2D eigenvalue weighted by atomic mass is 16.5. The minimum Gasteiger partial charge on any atom is -0.379 e. The summed E-state index contributed by atoms with van der Waals surface area (Å²) in [4.78, 5) is 27.9. The molecule has 154 valence electrons. The van der Waals surface area contributed by atoms with Crippen molar-refractivity contribution in [3.05, 3.63) is 29.8 Å². The molecule has 7 heteroatoms. The molecule has 0 bridgehead atoms. The second-order valence-electron chi connectivity index (χ2n) is 7.75. The zero-order chi connectivity index (χ0) is 19.8. The number of nitrogens with zero attached hydrogens (tertiary/aromatic N) is 1. The van der Waals surface area contributed by atoms with Gasteiger partial charge in [-0.3, -0.25) is 9.69 Å². The second kappa shape index (κ2) is 9.89. The number of para-hydroxylation sites is 1. The van der Waals surface area contributed by atoms with Crippen LogP contribution in [0, 0.1) is 6.92 Å². The van der Waals surface area contributed by atoms with Crippen LogP contribution in [0.1, 0.15) is 37.7 Å². The standard InChI is InChI=1S/C21H32N4O3/c1-17-7-3-4-8-18(17)23-20(27)24-21(9-5-2-6-10-21)19(26)22-11-12-25-13-15-28-16-14-25/h3-4,7-8H,2,5-6,9-16H2,1H3,(H,22,26)(H2,23,24,27). The molecule has 2 fully saturated rings. The summed E-state index contributed by atoms with van der Waals surface area (Å²) in [6.45, 7) is 6.64. The van der Waals surface area contributed by atoms with Crippen molar-refractivity contribution in [3.8, 4) is 0 Å². The average molecular weight is 389 g/mol. The number of amides is 3. The molecule has 1 saturated carbocycles. The van der Waals surface area contributed by atoms with Crippen molar-refractivity contribution < 1.29 is 14.3 Å². The SMILES string of the molecule is Cc1ccccc1NC(=O)NC1(C(=O)NCCN2CCOCC2)CCCCC1. The van der Waals surface area contributed by atoms with Gasteiger partial charge < -0.3 is 20.7 Å². The van der Waals surface area contributed by atoms with Gasteiger partial charge in [-0.1, -0.05) is 37.5 Å². The predicted molar refractivity (Wildman–Crippen MR) is 109 cm³/mol. The molecule has 7 nitrogen and oxygen atoms in total. The lowest BCUT2D eigenvalue weighted by molar-refractivity contribution is -0.128. The third-order valence-corrected chi connectivity index (χ3v) is 5.71. The second-order valence-corrected chi connectivity index (χ2v) is 7.75. The Kier molecular flexibility index (Phi) is 7.28. The number of morpholine rings is 1. The van der Waals surface area contributed by atoms with E-state index in [0.717, 1.165) is 63.4 Å². The van der Waals surface area contributed by atoms with E-state index in [1.807, 2.05) is 31.2 Å². The van der Waals surface area contributed by atoms with Crippen LogP contribution in [0.25, 0.3) is 0 Å². The molecule has 2 aliphatic rings. The molecule has 1 aromatic rings. The molecule has 0 aromatic heterocycles. The lowest BCUT2D eigenvalue weighted by Crippen LogP contribution is -2.61. The van der Waals surface area contributed by atoms with E-state index in [9.17, 15) is 9.59 Å². The van der Waals surface area contributed by atoms with Crippen LogP contribution in [0.15, 0.2) is 24.3 Å². The highest BCUT2D eigenvalue weighted by Gasteiger charge is 2.40. The normalized spacial score (nSPS) is 19.6. The lowest BCUT2D eigenvalue weighted by Gasteiger charge is -2.37. The van der Waals surface area contributed by atoms with Crippen molar-refractivity contribution in [2.75, 3.05) is 44.7 Å².